The van der Waals surface area contributed by atoms with Crippen molar-refractivity contribution in [3.8, 4) is 5.75 Å². The van der Waals surface area contributed by atoms with Crippen molar-refractivity contribution in [2.45, 2.75) is 18.9 Å². The highest BCUT2D eigenvalue weighted by atomic mass is 16.6. The van der Waals surface area contributed by atoms with E-state index in [1.807, 2.05) is 12.1 Å². The third kappa shape index (κ3) is 2.60. The number of hydrogen-bond acceptors (Lipinski definition) is 4. The maximum Gasteiger partial charge on any atom is 0.270 e. The molecule has 2 aromatic carbocycles. The van der Waals surface area contributed by atoms with E-state index in [0.717, 1.165) is 6.42 Å². The van der Waals surface area contributed by atoms with Crippen LogP contribution in [0.3, 0.4) is 0 Å². The summed E-state index contributed by atoms with van der Waals surface area (Å²) in [6.45, 7) is 0.236. The van der Waals surface area contributed by atoms with Gasteiger partial charge in [-0.15, -0.1) is 0 Å². The summed E-state index contributed by atoms with van der Waals surface area (Å²) in [4.78, 5) is 10.2. The van der Waals surface area contributed by atoms with Gasteiger partial charge in [-0.2, -0.15) is 0 Å². The number of rotatable bonds is 5. The number of fused-ring (bicyclic) bond motifs is 1. The Balaban J connectivity index is 1.70. The van der Waals surface area contributed by atoms with Crippen LogP contribution in [0.5, 0.6) is 5.75 Å². The Morgan fingerprint density at radius 3 is 2.81 bits per heavy atom. The zero-order valence-electron chi connectivity index (χ0n) is 11.4. The average Bonchev–Trinajstić information content (AvgIpc) is 2.48. The first-order valence-electron chi connectivity index (χ1n) is 6.78. The quantitative estimate of drug-likeness (QED) is 0.677. The van der Waals surface area contributed by atoms with Crippen LogP contribution >= 0.6 is 0 Å². The van der Waals surface area contributed by atoms with Gasteiger partial charge in [0, 0.05) is 23.6 Å². The number of aliphatic hydroxyl groups excluding tert-OH is 1. The molecule has 0 aromatic heterocycles. The van der Waals surface area contributed by atoms with Crippen molar-refractivity contribution in [1.82, 2.24) is 0 Å². The van der Waals surface area contributed by atoms with Gasteiger partial charge in [0.2, 0.25) is 0 Å². The monoisotopic (exact) mass is 285 g/mol. The fraction of sp³-hybridized carbons (Fsp3) is 0.250. The van der Waals surface area contributed by atoms with Gasteiger partial charge in [0.1, 0.15) is 5.75 Å². The number of hydrogen-bond donors (Lipinski definition) is 1. The Bertz CT molecular complexity index is 684. The van der Waals surface area contributed by atoms with Crippen molar-refractivity contribution in [2.75, 3.05) is 6.61 Å². The summed E-state index contributed by atoms with van der Waals surface area (Å²) in [7, 11) is 0. The number of nitrogens with zero attached hydrogens (tertiary/aromatic N) is 1. The molecule has 5 heteroatoms. The second-order valence-corrected chi connectivity index (χ2v) is 5.12. The first-order chi connectivity index (χ1) is 10.2. The molecule has 5 nitrogen and oxygen atoms in total. The van der Waals surface area contributed by atoms with Gasteiger partial charge in [0.15, 0.2) is 0 Å². The first kappa shape index (κ1) is 13.6. The van der Waals surface area contributed by atoms with Crippen molar-refractivity contribution in [3.63, 3.8) is 0 Å². The molecule has 0 saturated heterocycles. The van der Waals surface area contributed by atoms with E-state index in [1.165, 1.54) is 23.3 Å². The third-order valence-corrected chi connectivity index (χ3v) is 3.83. The molecule has 0 radical (unpaired) electrons. The lowest BCUT2D eigenvalue weighted by atomic mass is 9.78. The van der Waals surface area contributed by atoms with Gasteiger partial charge < -0.3 is 9.84 Å². The molecule has 0 bridgehead atoms. The van der Waals surface area contributed by atoms with E-state index in [9.17, 15) is 15.2 Å². The van der Waals surface area contributed by atoms with Crippen LogP contribution in [0.4, 0.5) is 5.69 Å². The summed E-state index contributed by atoms with van der Waals surface area (Å²) >= 11 is 0. The standard InChI is InChI=1S/C16H15NO4/c18-9-12-8-14(17(19)20)5-6-16(12)21-10-13-7-11-3-1-2-4-15(11)13/h1-6,8,13,18H,7,9-10H2. The van der Waals surface area contributed by atoms with E-state index in [2.05, 4.69) is 12.1 Å². The molecule has 1 aliphatic carbocycles. The lowest BCUT2D eigenvalue weighted by Gasteiger charge is -2.30. The molecular formula is C16H15NO4. The number of aliphatic hydroxyl groups is 1. The highest BCUT2D eigenvalue weighted by molar-refractivity contribution is 5.44. The van der Waals surface area contributed by atoms with Crippen LogP contribution < -0.4 is 4.74 Å². The van der Waals surface area contributed by atoms with Gasteiger partial charge in [-0.05, 0) is 23.6 Å². The summed E-state index contributed by atoms with van der Waals surface area (Å²) in [5.41, 5.74) is 3.04. The Morgan fingerprint density at radius 1 is 1.29 bits per heavy atom. The minimum absolute atomic E-state index is 0.0413. The molecular weight excluding hydrogens is 270 g/mol. The van der Waals surface area contributed by atoms with Crippen molar-refractivity contribution >= 4 is 5.69 Å². The van der Waals surface area contributed by atoms with E-state index < -0.39 is 4.92 Å². The molecule has 0 aliphatic heterocycles. The Kier molecular flexibility index (Phi) is 3.58. The van der Waals surface area contributed by atoms with Crippen molar-refractivity contribution in [3.05, 3.63) is 69.3 Å². The molecule has 0 heterocycles. The molecule has 1 aliphatic rings. The van der Waals surface area contributed by atoms with Crippen molar-refractivity contribution in [1.29, 1.82) is 0 Å². The number of nitro benzene ring substituents is 1. The predicted octanol–water partition coefficient (Wildman–Crippen LogP) is 2.81. The molecule has 0 spiro atoms. The van der Waals surface area contributed by atoms with Gasteiger partial charge >= 0.3 is 0 Å². The van der Waals surface area contributed by atoms with Crippen LogP contribution in [0.1, 0.15) is 22.6 Å². The molecule has 3 rings (SSSR count). The van der Waals surface area contributed by atoms with Gasteiger partial charge in [-0.1, -0.05) is 24.3 Å². The number of benzene rings is 2. The summed E-state index contributed by atoms with van der Waals surface area (Å²) in [5, 5.41) is 20.0. The summed E-state index contributed by atoms with van der Waals surface area (Å²) in [5.74, 6) is 0.857. The minimum atomic E-state index is -0.481. The Morgan fingerprint density at radius 2 is 2.10 bits per heavy atom. The molecule has 0 fully saturated rings. The normalized spacial score (nSPS) is 16.0. The number of non-ortho nitro benzene ring substituents is 1. The van der Waals surface area contributed by atoms with E-state index in [4.69, 9.17) is 4.74 Å². The first-order valence-corrected chi connectivity index (χ1v) is 6.78. The van der Waals surface area contributed by atoms with E-state index in [0.29, 0.717) is 23.8 Å². The zero-order chi connectivity index (χ0) is 14.8. The minimum Gasteiger partial charge on any atom is -0.493 e. The van der Waals surface area contributed by atoms with Gasteiger partial charge in [-0.3, -0.25) is 10.1 Å². The molecule has 0 amide bonds. The van der Waals surface area contributed by atoms with E-state index in [1.54, 1.807) is 6.07 Å². The van der Waals surface area contributed by atoms with Crippen LogP contribution in [-0.4, -0.2) is 16.6 Å². The largest absolute Gasteiger partial charge is 0.493 e. The number of nitro groups is 1. The molecule has 108 valence electrons. The van der Waals surface area contributed by atoms with Gasteiger partial charge in [0.25, 0.3) is 5.69 Å². The highest BCUT2D eigenvalue weighted by Crippen LogP contribution is 2.35. The fourth-order valence-electron chi connectivity index (χ4n) is 2.65. The highest BCUT2D eigenvalue weighted by Gasteiger charge is 2.26. The molecule has 1 unspecified atom stereocenters. The van der Waals surface area contributed by atoms with Crippen LogP contribution in [-0.2, 0) is 13.0 Å². The van der Waals surface area contributed by atoms with Crippen LogP contribution in [0.25, 0.3) is 0 Å². The third-order valence-electron chi connectivity index (χ3n) is 3.83. The molecule has 1 N–H and O–H groups in total. The van der Waals surface area contributed by atoms with Gasteiger partial charge in [0.05, 0.1) is 18.1 Å². The SMILES string of the molecule is O=[N+]([O-])c1ccc(OCC2Cc3ccccc32)c(CO)c1. The second-order valence-electron chi connectivity index (χ2n) is 5.12. The summed E-state index contributed by atoms with van der Waals surface area (Å²) in [6.07, 6.45) is 0.984. The average molecular weight is 285 g/mol. The lowest BCUT2D eigenvalue weighted by molar-refractivity contribution is -0.385. The maximum absolute atomic E-state index is 10.7. The second kappa shape index (κ2) is 5.54. The summed E-state index contributed by atoms with van der Waals surface area (Å²) < 4.78 is 5.74. The molecule has 2 aromatic rings. The maximum atomic E-state index is 10.7. The fourth-order valence-corrected chi connectivity index (χ4v) is 2.65. The topological polar surface area (TPSA) is 72.6 Å². The van der Waals surface area contributed by atoms with Gasteiger partial charge in [-0.25, -0.2) is 0 Å². The molecule has 21 heavy (non-hydrogen) atoms. The Hall–Kier alpha value is -2.40. The predicted molar refractivity (Wildman–Crippen MR) is 77.4 cm³/mol. The number of ether oxygens (including phenoxy) is 1. The lowest BCUT2D eigenvalue weighted by Crippen LogP contribution is -2.23. The molecule has 0 saturated carbocycles. The van der Waals surface area contributed by atoms with Crippen molar-refractivity contribution in [2.24, 2.45) is 0 Å². The molecule has 1 atom stereocenters. The van der Waals surface area contributed by atoms with E-state index >= 15 is 0 Å². The zero-order valence-corrected chi connectivity index (χ0v) is 11.4. The van der Waals surface area contributed by atoms with Crippen molar-refractivity contribution < 1.29 is 14.8 Å². The van der Waals surface area contributed by atoms with E-state index in [-0.39, 0.29) is 12.3 Å². The van der Waals surface area contributed by atoms with Crippen LogP contribution in [0, 0.1) is 10.1 Å². The van der Waals surface area contributed by atoms with Crippen LogP contribution in [0.2, 0.25) is 0 Å². The van der Waals surface area contributed by atoms with Crippen LogP contribution in [0.15, 0.2) is 42.5 Å². The Labute approximate surface area is 122 Å². The smallest absolute Gasteiger partial charge is 0.270 e. The summed E-state index contributed by atoms with van der Waals surface area (Å²) in [6, 6.07) is 12.5.